The van der Waals surface area contributed by atoms with Gasteiger partial charge in [-0.2, -0.15) is 0 Å². The molecule has 0 saturated heterocycles. The number of esters is 1. The molecule has 0 saturated carbocycles. The molecule has 0 atom stereocenters. The Balaban J connectivity index is 2.37. The third-order valence-electron chi connectivity index (χ3n) is 3.74. The van der Waals surface area contributed by atoms with Gasteiger partial charge in [0.15, 0.2) is 10.8 Å². The Labute approximate surface area is 194 Å². The third-order valence-corrected chi connectivity index (χ3v) is 4.87. The van der Waals surface area contributed by atoms with E-state index in [-0.39, 0.29) is 27.9 Å². The lowest BCUT2D eigenvalue weighted by Crippen LogP contribution is -2.09. The highest BCUT2D eigenvalue weighted by Gasteiger charge is 2.16. The number of rotatable bonds is 9. The summed E-state index contributed by atoms with van der Waals surface area (Å²) < 4.78 is 23.7. The zero-order valence-corrected chi connectivity index (χ0v) is 18.6. The van der Waals surface area contributed by atoms with Crippen molar-refractivity contribution in [3.8, 4) is 0 Å². The Kier molecular flexibility index (Phi) is 9.06. The molecular formula is C22H20ClFN4O3S. The summed E-state index contributed by atoms with van der Waals surface area (Å²) in [4.78, 5) is 20.2. The van der Waals surface area contributed by atoms with Crippen LogP contribution in [-0.2, 0) is 9.47 Å². The van der Waals surface area contributed by atoms with E-state index in [1.807, 2.05) is 0 Å². The highest BCUT2D eigenvalue weighted by atomic mass is 35.5. The average Bonchev–Trinajstić information content (AvgIpc) is 2.81. The lowest BCUT2D eigenvalue weighted by Gasteiger charge is -2.15. The van der Waals surface area contributed by atoms with Crippen LogP contribution in [-0.4, -0.2) is 23.0 Å². The summed E-state index contributed by atoms with van der Waals surface area (Å²) >= 11 is 6.94. The Morgan fingerprint density at radius 2 is 1.78 bits per heavy atom. The van der Waals surface area contributed by atoms with Crippen molar-refractivity contribution in [2.75, 3.05) is 7.11 Å². The zero-order valence-electron chi connectivity index (χ0n) is 17.0. The zero-order chi connectivity index (χ0) is 23.7. The Bertz CT molecular complexity index is 1100. The molecule has 1 heterocycles. The number of nitrogens with zero attached hydrogens (tertiary/aromatic N) is 2. The molecule has 1 aromatic carbocycles. The van der Waals surface area contributed by atoms with Crippen molar-refractivity contribution in [1.82, 2.24) is 9.97 Å². The van der Waals surface area contributed by atoms with E-state index in [1.165, 1.54) is 50.0 Å². The highest BCUT2D eigenvalue weighted by molar-refractivity contribution is 8.06. The maximum absolute atomic E-state index is 13.2. The molecule has 4 N–H and O–H groups in total. The van der Waals surface area contributed by atoms with Crippen LogP contribution >= 0.6 is 23.4 Å². The fourth-order valence-corrected chi connectivity index (χ4v) is 2.89. The topological polar surface area (TPSA) is 113 Å². The van der Waals surface area contributed by atoms with Crippen LogP contribution in [0.1, 0.15) is 21.7 Å². The number of methoxy groups -OCH3 is 1. The molecule has 0 bridgehead atoms. The first-order valence-corrected chi connectivity index (χ1v) is 10.1. The molecule has 0 radical (unpaired) electrons. The van der Waals surface area contributed by atoms with E-state index in [0.29, 0.717) is 15.5 Å². The fourth-order valence-electron chi connectivity index (χ4n) is 2.10. The van der Waals surface area contributed by atoms with Crippen LogP contribution in [0.15, 0.2) is 83.2 Å². The molecule has 32 heavy (non-hydrogen) atoms. The first-order chi connectivity index (χ1) is 15.2. The second kappa shape index (κ2) is 11.7. The quantitative estimate of drug-likeness (QED) is 0.310. The number of aromatic nitrogens is 2. The number of ether oxygens (including phenoxy) is 2. The summed E-state index contributed by atoms with van der Waals surface area (Å²) in [6, 6.07) is 5.59. The molecule has 0 unspecified atom stereocenters. The van der Waals surface area contributed by atoms with E-state index in [2.05, 4.69) is 27.9 Å². The Morgan fingerprint density at radius 1 is 1.16 bits per heavy atom. The van der Waals surface area contributed by atoms with Gasteiger partial charge in [-0.15, -0.1) is 0 Å². The first kappa shape index (κ1) is 24.7. The minimum atomic E-state index is -0.634. The predicted octanol–water partition coefficient (Wildman–Crippen LogP) is 4.52. The molecule has 0 amide bonds. The van der Waals surface area contributed by atoms with Gasteiger partial charge in [0, 0.05) is 16.7 Å². The van der Waals surface area contributed by atoms with Crippen LogP contribution in [0.3, 0.4) is 0 Å². The second-order valence-corrected chi connectivity index (χ2v) is 7.50. The molecular weight excluding hydrogens is 455 g/mol. The van der Waals surface area contributed by atoms with Crippen molar-refractivity contribution >= 4 is 40.8 Å². The number of carbonyl (C=O) groups is 1. The van der Waals surface area contributed by atoms with Crippen molar-refractivity contribution in [2.24, 2.45) is 11.5 Å². The van der Waals surface area contributed by atoms with Crippen molar-refractivity contribution < 1.29 is 18.7 Å². The van der Waals surface area contributed by atoms with Crippen LogP contribution in [0.5, 0.6) is 0 Å². The minimum absolute atomic E-state index is 0.0189. The second-order valence-electron chi connectivity index (χ2n) is 5.96. The first-order valence-electron chi connectivity index (χ1n) is 8.90. The van der Waals surface area contributed by atoms with Crippen molar-refractivity contribution in [3.63, 3.8) is 0 Å². The van der Waals surface area contributed by atoms with E-state index in [0.717, 1.165) is 11.8 Å². The van der Waals surface area contributed by atoms with Gasteiger partial charge in [-0.05, 0) is 36.4 Å². The molecule has 0 aliphatic heterocycles. The molecule has 0 aliphatic rings. The predicted molar refractivity (Wildman–Crippen MR) is 125 cm³/mol. The fraction of sp³-hybridized carbons (Fsp3) is 0.0455. The summed E-state index contributed by atoms with van der Waals surface area (Å²) in [5.74, 6) is -0.813. The summed E-state index contributed by atoms with van der Waals surface area (Å²) in [7, 11) is 1.24. The molecule has 0 aliphatic carbocycles. The molecule has 166 valence electrons. The van der Waals surface area contributed by atoms with Crippen LogP contribution in [0.2, 0.25) is 0 Å². The van der Waals surface area contributed by atoms with Gasteiger partial charge in [-0.3, -0.25) is 4.98 Å². The van der Waals surface area contributed by atoms with E-state index >= 15 is 0 Å². The van der Waals surface area contributed by atoms with E-state index in [9.17, 15) is 9.18 Å². The lowest BCUT2D eigenvalue weighted by atomic mass is 10.2. The standard InChI is InChI=1S/C22H20ClFN4O3S/c1-13(4-7-16(23)10-25)32-22(31-14(2)15-5-8-17(24)9-6-15)20(26)18-11-28-19(12-27-18)21(29)30-3/h4-12H,1-2,25-26H2,3H3/b7-4-,16-10+,22-20+. The van der Waals surface area contributed by atoms with Crippen LogP contribution in [0.25, 0.3) is 11.5 Å². The molecule has 2 aromatic rings. The summed E-state index contributed by atoms with van der Waals surface area (Å²) in [6.07, 6.45) is 6.92. The average molecular weight is 475 g/mol. The molecule has 7 nitrogen and oxygen atoms in total. The number of benzene rings is 1. The van der Waals surface area contributed by atoms with Gasteiger partial charge in [0.1, 0.15) is 23.0 Å². The van der Waals surface area contributed by atoms with Gasteiger partial charge < -0.3 is 20.9 Å². The maximum atomic E-state index is 13.2. The summed E-state index contributed by atoms with van der Waals surface area (Å²) in [5.41, 5.74) is 12.5. The molecule has 0 fully saturated rings. The van der Waals surface area contributed by atoms with Crippen LogP contribution < -0.4 is 11.5 Å². The van der Waals surface area contributed by atoms with Gasteiger partial charge in [-0.25, -0.2) is 14.2 Å². The largest absolute Gasteiger partial charge is 0.464 e. The summed E-state index contributed by atoms with van der Waals surface area (Å²) in [6.45, 7) is 7.79. The number of thioether (sulfide) groups is 1. The SMILES string of the molecule is C=C(/C=C\C(Cl)=C/N)S/C(OC(=C)c1ccc(F)cc1)=C(/N)c1cnc(C(=O)OC)cn1. The minimum Gasteiger partial charge on any atom is -0.464 e. The number of halogens is 2. The summed E-state index contributed by atoms with van der Waals surface area (Å²) in [5, 5.41) is 0.494. The number of carbonyl (C=O) groups excluding carboxylic acids is 1. The van der Waals surface area contributed by atoms with Crippen molar-refractivity contribution in [1.29, 1.82) is 0 Å². The van der Waals surface area contributed by atoms with Crippen molar-refractivity contribution in [2.45, 2.75) is 0 Å². The Morgan fingerprint density at radius 3 is 2.34 bits per heavy atom. The molecule has 1 aromatic heterocycles. The smallest absolute Gasteiger partial charge is 0.358 e. The normalized spacial score (nSPS) is 12.3. The van der Waals surface area contributed by atoms with E-state index < -0.39 is 11.8 Å². The monoisotopic (exact) mass is 474 g/mol. The van der Waals surface area contributed by atoms with E-state index in [4.69, 9.17) is 27.8 Å². The molecule has 0 spiro atoms. The number of hydrogen-bond acceptors (Lipinski definition) is 8. The van der Waals surface area contributed by atoms with Gasteiger partial charge in [-0.1, -0.05) is 36.5 Å². The third kappa shape index (κ3) is 7.00. The lowest BCUT2D eigenvalue weighted by molar-refractivity contribution is 0.0593. The van der Waals surface area contributed by atoms with Gasteiger partial charge >= 0.3 is 5.97 Å². The molecule has 2 rings (SSSR count). The number of allylic oxidation sites excluding steroid dienone is 3. The van der Waals surface area contributed by atoms with Crippen molar-refractivity contribution in [3.05, 3.63) is 106 Å². The Hall–Kier alpha value is -3.56. The van der Waals surface area contributed by atoms with Gasteiger partial charge in [0.05, 0.1) is 24.5 Å². The van der Waals surface area contributed by atoms with Crippen LogP contribution in [0.4, 0.5) is 4.39 Å². The van der Waals surface area contributed by atoms with Gasteiger partial charge in [0.25, 0.3) is 0 Å². The molecule has 10 heteroatoms. The van der Waals surface area contributed by atoms with Crippen LogP contribution in [0, 0.1) is 5.82 Å². The van der Waals surface area contributed by atoms with E-state index in [1.54, 1.807) is 12.2 Å². The number of hydrogen-bond donors (Lipinski definition) is 2. The number of nitrogens with two attached hydrogens (primary N) is 2. The van der Waals surface area contributed by atoms with Gasteiger partial charge in [0.2, 0.25) is 0 Å². The maximum Gasteiger partial charge on any atom is 0.358 e. The highest BCUT2D eigenvalue weighted by Crippen LogP contribution is 2.34.